The predicted molar refractivity (Wildman–Crippen MR) is 120 cm³/mol. The highest BCUT2D eigenvalue weighted by Gasteiger charge is 2.26. The molecule has 1 aliphatic heterocycles. The Bertz CT molecular complexity index is 1000. The minimum Gasteiger partial charge on any atom is -0.378 e. The van der Waals surface area contributed by atoms with E-state index in [1.165, 1.54) is 36.8 Å². The molecule has 2 aliphatic rings. The van der Waals surface area contributed by atoms with Crippen molar-refractivity contribution in [1.29, 1.82) is 0 Å². The van der Waals surface area contributed by atoms with Crippen LogP contribution < -0.4 is 0 Å². The van der Waals surface area contributed by atoms with Crippen LogP contribution in [0.3, 0.4) is 0 Å². The van der Waals surface area contributed by atoms with Crippen molar-refractivity contribution >= 4 is 16.8 Å². The van der Waals surface area contributed by atoms with Crippen molar-refractivity contribution in [2.24, 2.45) is 5.92 Å². The molecule has 30 heavy (non-hydrogen) atoms. The third kappa shape index (κ3) is 3.89. The fraction of sp³-hybridized carbons (Fsp3) is 0.423. The predicted octanol–water partition coefficient (Wildman–Crippen LogP) is 5.09. The molecular weight excluding hydrogens is 372 g/mol. The number of hydrogen-bond acceptors (Lipinski definition) is 2. The van der Waals surface area contributed by atoms with E-state index in [1.54, 1.807) is 0 Å². The van der Waals surface area contributed by atoms with Crippen LogP contribution in [0.25, 0.3) is 10.9 Å². The van der Waals surface area contributed by atoms with E-state index in [4.69, 9.17) is 4.74 Å². The number of morpholine rings is 1. The van der Waals surface area contributed by atoms with Crippen LogP contribution in [-0.2, 0) is 11.3 Å². The van der Waals surface area contributed by atoms with Gasteiger partial charge in [-0.3, -0.25) is 4.79 Å². The first kappa shape index (κ1) is 19.4. The standard InChI is InChI=1S/C26H30N2O2/c29-26(27-14-16-30-17-15-27)24-19-28(25-9-5-4-8-23(24)25)13-12-20-10-11-22(18-20)21-6-2-1-3-7-21/h1-9,19-20,22H,10-18H2. The molecule has 1 aliphatic carbocycles. The molecule has 0 spiro atoms. The summed E-state index contributed by atoms with van der Waals surface area (Å²) in [5.74, 6) is 1.60. The van der Waals surface area contributed by atoms with Crippen molar-refractivity contribution in [1.82, 2.24) is 9.47 Å². The Morgan fingerprint density at radius 1 is 0.967 bits per heavy atom. The number of aryl methyl sites for hydroxylation is 1. The maximum Gasteiger partial charge on any atom is 0.256 e. The average molecular weight is 403 g/mol. The summed E-state index contributed by atoms with van der Waals surface area (Å²) in [6, 6.07) is 19.3. The Balaban J connectivity index is 1.30. The quantitative estimate of drug-likeness (QED) is 0.596. The number of nitrogens with zero attached hydrogens (tertiary/aromatic N) is 2. The smallest absolute Gasteiger partial charge is 0.256 e. The number of aromatic nitrogens is 1. The number of carbonyl (C=O) groups excluding carboxylic acids is 1. The first-order chi connectivity index (χ1) is 14.8. The molecule has 2 atom stereocenters. The summed E-state index contributed by atoms with van der Waals surface area (Å²) < 4.78 is 7.72. The summed E-state index contributed by atoms with van der Waals surface area (Å²) in [6.07, 6.45) is 7.14. The first-order valence-electron chi connectivity index (χ1n) is 11.3. The highest BCUT2D eigenvalue weighted by molar-refractivity contribution is 6.07. The summed E-state index contributed by atoms with van der Waals surface area (Å²) >= 11 is 0. The molecule has 2 aromatic carbocycles. The zero-order valence-electron chi connectivity index (χ0n) is 17.5. The molecule has 0 bridgehead atoms. The lowest BCUT2D eigenvalue weighted by Gasteiger charge is -2.26. The number of amides is 1. The molecule has 5 rings (SSSR count). The summed E-state index contributed by atoms with van der Waals surface area (Å²) in [6.45, 7) is 3.61. The summed E-state index contributed by atoms with van der Waals surface area (Å²) in [5.41, 5.74) is 3.50. The highest BCUT2D eigenvalue weighted by Crippen LogP contribution is 2.40. The highest BCUT2D eigenvalue weighted by atomic mass is 16.5. The lowest BCUT2D eigenvalue weighted by Crippen LogP contribution is -2.40. The van der Waals surface area contributed by atoms with Crippen LogP contribution in [0.15, 0.2) is 60.8 Å². The molecule has 4 heteroatoms. The molecule has 3 aromatic rings. The maximum absolute atomic E-state index is 13.1. The molecule has 4 nitrogen and oxygen atoms in total. The lowest BCUT2D eigenvalue weighted by atomic mass is 9.95. The van der Waals surface area contributed by atoms with E-state index < -0.39 is 0 Å². The van der Waals surface area contributed by atoms with Gasteiger partial charge in [0.25, 0.3) is 5.91 Å². The molecule has 0 radical (unpaired) electrons. The van der Waals surface area contributed by atoms with Crippen LogP contribution >= 0.6 is 0 Å². The molecule has 1 aromatic heterocycles. The van der Waals surface area contributed by atoms with Crippen molar-refractivity contribution in [3.63, 3.8) is 0 Å². The molecule has 1 saturated carbocycles. The third-order valence-electron chi connectivity index (χ3n) is 6.91. The van der Waals surface area contributed by atoms with Crippen molar-refractivity contribution in [2.75, 3.05) is 26.3 Å². The number of benzene rings is 2. The lowest BCUT2D eigenvalue weighted by molar-refractivity contribution is 0.0304. The van der Waals surface area contributed by atoms with Crippen molar-refractivity contribution in [3.8, 4) is 0 Å². The Morgan fingerprint density at radius 3 is 2.57 bits per heavy atom. The molecule has 1 amide bonds. The number of hydrogen-bond donors (Lipinski definition) is 0. The Labute approximate surface area is 178 Å². The summed E-state index contributed by atoms with van der Waals surface area (Å²) in [5, 5.41) is 1.07. The van der Waals surface area contributed by atoms with Gasteiger partial charge in [0.1, 0.15) is 0 Å². The van der Waals surface area contributed by atoms with Gasteiger partial charge >= 0.3 is 0 Å². The number of para-hydroxylation sites is 1. The van der Waals surface area contributed by atoms with Gasteiger partial charge in [0.15, 0.2) is 0 Å². The van der Waals surface area contributed by atoms with E-state index in [-0.39, 0.29) is 5.91 Å². The average Bonchev–Trinajstić information content (AvgIpc) is 3.43. The van der Waals surface area contributed by atoms with Crippen LogP contribution in [0, 0.1) is 5.92 Å². The van der Waals surface area contributed by atoms with E-state index in [2.05, 4.69) is 59.3 Å². The van der Waals surface area contributed by atoms with Gasteiger partial charge < -0.3 is 14.2 Å². The number of rotatable bonds is 5. The number of carbonyl (C=O) groups is 1. The SMILES string of the molecule is O=C(c1cn(CCC2CCC(c3ccccc3)C2)c2ccccc12)N1CCOCC1. The summed E-state index contributed by atoms with van der Waals surface area (Å²) in [7, 11) is 0. The maximum atomic E-state index is 13.1. The Hall–Kier alpha value is -2.59. The van der Waals surface area contributed by atoms with Gasteiger partial charge in [-0.05, 0) is 49.1 Å². The van der Waals surface area contributed by atoms with E-state index >= 15 is 0 Å². The zero-order valence-corrected chi connectivity index (χ0v) is 17.5. The molecule has 0 N–H and O–H groups in total. The largest absolute Gasteiger partial charge is 0.378 e. The monoisotopic (exact) mass is 402 g/mol. The second kappa shape index (κ2) is 8.65. The van der Waals surface area contributed by atoms with Crippen LogP contribution in [0.1, 0.15) is 47.5 Å². The van der Waals surface area contributed by atoms with Crippen LogP contribution in [0.5, 0.6) is 0 Å². The van der Waals surface area contributed by atoms with Gasteiger partial charge in [-0.1, -0.05) is 48.5 Å². The van der Waals surface area contributed by atoms with Gasteiger partial charge in [0, 0.05) is 36.7 Å². The minimum atomic E-state index is 0.137. The van der Waals surface area contributed by atoms with Gasteiger partial charge in [-0.25, -0.2) is 0 Å². The summed E-state index contributed by atoms with van der Waals surface area (Å²) in [4.78, 5) is 15.1. The van der Waals surface area contributed by atoms with Crippen LogP contribution in [0.4, 0.5) is 0 Å². The number of ether oxygens (including phenoxy) is 1. The van der Waals surface area contributed by atoms with E-state index in [0.717, 1.165) is 23.4 Å². The normalized spacial score (nSPS) is 21.9. The minimum absolute atomic E-state index is 0.137. The van der Waals surface area contributed by atoms with Gasteiger partial charge in [-0.15, -0.1) is 0 Å². The second-order valence-corrected chi connectivity index (χ2v) is 8.73. The van der Waals surface area contributed by atoms with Gasteiger partial charge in [0.05, 0.1) is 18.8 Å². The topological polar surface area (TPSA) is 34.5 Å². The number of fused-ring (bicyclic) bond motifs is 1. The van der Waals surface area contributed by atoms with Crippen LogP contribution in [0.2, 0.25) is 0 Å². The van der Waals surface area contributed by atoms with Gasteiger partial charge in [-0.2, -0.15) is 0 Å². The molecule has 1 saturated heterocycles. The van der Waals surface area contributed by atoms with Crippen molar-refractivity contribution in [2.45, 2.75) is 38.1 Å². The molecular formula is C26H30N2O2. The van der Waals surface area contributed by atoms with Crippen LogP contribution in [-0.4, -0.2) is 41.7 Å². The zero-order chi connectivity index (χ0) is 20.3. The fourth-order valence-corrected chi connectivity index (χ4v) is 5.23. The van der Waals surface area contributed by atoms with E-state index in [0.29, 0.717) is 32.2 Å². The molecule has 2 fully saturated rings. The van der Waals surface area contributed by atoms with Crippen molar-refractivity contribution in [3.05, 3.63) is 71.9 Å². The first-order valence-corrected chi connectivity index (χ1v) is 11.3. The van der Waals surface area contributed by atoms with Crippen molar-refractivity contribution < 1.29 is 9.53 Å². The Morgan fingerprint density at radius 2 is 1.73 bits per heavy atom. The molecule has 156 valence electrons. The van der Waals surface area contributed by atoms with Gasteiger partial charge in [0.2, 0.25) is 0 Å². The Kier molecular flexibility index (Phi) is 5.58. The second-order valence-electron chi connectivity index (χ2n) is 8.73. The fourth-order valence-electron chi connectivity index (χ4n) is 5.23. The molecule has 2 unspecified atom stereocenters. The molecule has 2 heterocycles. The third-order valence-corrected chi connectivity index (χ3v) is 6.91. The van der Waals surface area contributed by atoms with E-state index in [1.807, 2.05) is 11.0 Å². The van der Waals surface area contributed by atoms with E-state index in [9.17, 15) is 4.79 Å².